The van der Waals surface area contributed by atoms with E-state index in [-0.39, 0.29) is 17.5 Å². The topological polar surface area (TPSA) is 17.1 Å². The molecule has 0 N–H and O–H groups in total. The molecule has 2 heteroatoms. The summed E-state index contributed by atoms with van der Waals surface area (Å²) in [5, 5.41) is 0. The van der Waals surface area contributed by atoms with Gasteiger partial charge in [0.2, 0.25) is 0 Å². The molecule has 3 fully saturated rings. The zero-order valence-corrected chi connectivity index (χ0v) is 10.5. The molecule has 4 rings (SSSR count). The maximum Gasteiger partial charge on any atom is 0.166 e. The Morgan fingerprint density at radius 2 is 1.89 bits per heavy atom. The standard InChI is InChI=1S/C16H17FO/c1-8-2-5-11(17)7-12(8)16(18)15-13-9-3-4-10(6-9)14(13)15/h2,5,7,9-10,13-15H,3-4,6H2,1H3. The number of carbonyl (C=O) groups excluding carboxylic acids is 1. The van der Waals surface area contributed by atoms with Gasteiger partial charge in [-0.1, -0.05) is 6.07 Å². The lowest BCUT2D eigenvalue weighted by Gasteiger charge is -2.09. The summed E-state index contributed by atoms with van der Waals surface area (Å²) in [6.45, 7) is 1.90. The van der Waals surface area contributed by atoms with Gasteiger partial charge in [-0.2, -0.15) is 0 Å². The highest BCUT2D eigenvalue weighted by atomic mass is 19.1. The predicted molar refractivity (Wildman–Crippen MR) is 66.8 cm³/mol. The van der Waals surface area contributed by atoms with E-state index in [4.69, 9.17) is 0 Å². The highest BCUT2D eigenvalue weighted by Gasteiger charge is 2.67. The molecule has 0 aromatic heterocycles. The van der Waals surface area contributed by atoms with E-state index in [9.17, 15) is 9.18 Å². The minimum Gasteiger partial charge on any atom is -0.294 e. The van der Waals surface area contributed by atoms with Crippen LogP contribution in [0, 0.1) is 42.3 Å². The molecule has 18 heavy (non-hydrogen) atoms. The second-order valence-corrected chi connectivity index (χ2v) is 6.34. The van der Waals surface area contributed by atoms with Crippen LogP contribution >= 0.6 is 0 Å². The van der Waals surface area contributed by atoms with Crippen LogP contribution in [0.25, 0.3) is 0 Å². The molecule has 4 unspecified atom stereocenters. The van der Waals surface area contributed by atoms with Gasteiger partial charge in [-0.3, -0.25) is 4.79 Å². The number of benzene rings is 1. The van der Waals surface area contributed by atoms with Crippen LogP contribution in [0.3, 0.4) is 0 Å². The summed E-state index contributed by atoms with van der Waals surface area (Å²) in [7, 11) is 0. The summed E-state index contributed by atoms with van der Waals surface area (Å²) in [6, 6.07) is 4.58. The number of aryl methyl sites for hydroxylation is 1. The first-order chi connectivity index (χ1) is 8.66. The normalized spacial score (nSPS) is 39.8. The molecule has 3 saturated carbocycles. The number of halogens is 1. The minimum atomic E-state index is -0.294. The van der Waals surface area contributed by atoms with E-state index in [0.717, 1.165) is 17.4 Å². The molecule has 2 bridgehead atoms. The number of fused-ring (bicyclic) bond motifs is 5. The number of Topliss-reactive ketones (excluding diaryl/α,β-unsaturated/α-hetero) is 1. The zero-order valence-electron chi connectivity index (χ0n) is 10.5. The van der Waals surface area contributed by atoms with E-state index in [2.05, 4.69) is 0 Å². The Hall–Kier alpha value is -1.18. The van der Waals surface area contributed by atoms with Crippen LogP contribution in [0.2, 0.25) is 0 Å². The van der Waals surface area contributed by atoms with Crippen molar-refractivity contribution in [3.63, 3.8) is 0 Å². The molecule has 1 nitrogen and oxygen atoms in total. The Bertz CT molecular complexity index is 520. The molecule has 0 amide bonds. The highest BCUT2D eigenvalue weighted by Crippen LogP contribution is 2.69. The van der Waals surface area contributed by atoms with Crippen molar-refractivity contribution in [1.82, 2.24) is 0 Å². The summed E-state index contributed by atoms with van der Waals surface area (Å²) < 4.78 is 13.3. The molecule has 0 heterocycles. The van der Waals surface area contributed by atoms with Crippen molar-refractivity contribution < 1.29 is 9.18 Å². The fourth-order valence-corrected chi connectivity index (χ4v) is 4.71. The maximum atomic E-state index is 13.3. The molecule has 0 spiro atoms. The summed E-state index contributed by atoms with van der Waals surface area (Å²) in [5.74, 6) is 3.00. The Balaban J connectivity index is 1.64. The number of hydrogen-bond acceptors (Lipinski definition) is 1. The molecular weight excluding hydrogens is 227 g/mol. The van der Waals surface area contributed by atoms with E-state index >= 15 is 0 Å². The molecule has 0 saturated heterocycles. The predicted octanol–water partition coefficient (Wildman–Crippen LogP) is 3.61. The largest absolute Gasteiger partial charge is 0.294 e. The van der Waals surface area contributed by atoms with Gasteiger partial charge >= 0.3 is 0 Å². The highest BCUT2D eigenvalue weighted by molar-refractivity contribution is 6.01. The van der Waals surface area contributed by atoms with Gasteiger partial charge in [-0.05, 0) is 67.6 Å². The number of ketones is 1. The third-order valence-corrected chi connectivity index (χ3v) is 5.50. The molecule has 0 radical (unpaired) electrons. The number of carbonyl (C=O) groups is 1. The molecule has 3 aliphatic rings. The molecule has 4 atom stereocenters. The van der Waals surface area contributed by atoms with Gasteiger partial charge in [-0.25, -0.2) is 4.39 Å². The van der Waals surface area contributed by atoms with Gasteiger partial charge < -0.3 is 0 Å². The Morgan fingerprint density at radius 1 is 1.22 bits per heavy atom. The van der Waals surface area contributed by atoms with Crippen molar-refractivity contribution in [3.8, 4) is 0 Å². The van der Waals surface area contributed by atoms with E-state index < -0.39 is 0 Å². The van der Waals surface area contributed by atoms with Crippen molar-refractivity contribution in [2.75, 3.05) is 0 Å². The first kappa shape index (κ1) is 10.7. The van der Waals surface area contributed by atoms with Crippen LogP contribution in [-0.2, 0) is 0 Å². The molecule has 3 aliphatic carbocycles. The van der Waals surface area contributed by atoms with Crippen LogP contribution in [0.1, 0.15) is 35.2 Å². The second kappa shape index (κ2) is 3.43. The molecule has 1 aromatic rings. The molecular formula is C16H17FO. The number of hydrogen-bond donors (Lipinski definition) is 0. The smallest absolute Gasteiger partial charge is 0.166 e. The molecule has 0 aliphatic heterocycles. The van der Waals surface area contributed by atoms with Gasteiger partial charge in [0.25, 0.3) is 0 Å². The Kier molecular flexibility index (Phi) is 2.04. The first-order valence-corrected chi connectivity index (χ1v) is 6.97. The monoisotopic (exact) mass is 244 g/mol. The van der Waals surface area contributed by atoms with Gasteiger partial charge in [-0.15, -0.1) is 0 Å². The Morgan fingerprint density at radius 3 is 2.56 bits per heavy atom. The van der Waals surface area contributed by atoms with Gasteiger partial charge in [0, 0.05) is 11.5 Å². The minimum absolute atomic E-state index is 0.207. The van der Waals surface area contributed by atoms with Gasteiger partial charge in [0.1, 0.15) is 5.82 Å². The lowest BCUT2D eigenvalue weighted by molar-refractivity contribution is 0.0943. The van der Waals surface area contributed by atoms with Crippen molar-refractivity contribution >= 4 is 5.78 Å². The fraction of sp³-hybridized carbons (Fsp3) is 0.562. The van der Waals surface area contributed by atoms with Crippen LogP contribution < -0.4 is 0 Å². The number of rotatable bonds is 2. The van der Waals surface area contributed by atoms with E-state index in [1.54, 1.807) is 6.07 Å². The lowest BCUT2D eigenvalue weighted by atomic mass is 9.94. The summed E-state index contributed by atoms with van der Waals surface area (Å²) in [6.07, 6.45) is 3.98. The fourth-order valence-electron chi connectivity index (χ4n) is 4.71. The summed E-state index contributed by atoms with van der Waals surface area (Å²) in [4.78, 5) is 12.5. The van der Waals surface area contributed by atoms with Crippen LogP contribution in [0.5, 0.6) is 0 Å². The average Bonchev–Trinajstić information content (AvgIpc) is 2.79. The van der Waals surface area contributed by atoms with Gasteiger partial charge in [0.05, 0.1) is 0 Å². The second-order valence-electron chi connectivity index (χ2n) is 6.34. The third-order valence-electron chi connectivity index (χ3n) is 5.50. The lowest BCUT2D eigenvalue weighted by Crippen LogP contribution is -2.11. The quantitative estimate of drug-likeness (QED) is 0.726. The van der Waals surface area contributed by atoms with Crippen LogP contribution in [0.4, 0.5) is 4.39 Å². The molecule has 1 aromatic carbocycles. The van der Waals surface area contributed by atoms with Crippen LogP contribution in [-0.4, -0.2) is 5.78 Å². The summed E-state index contributed by atoms with van der Waals surface area (Å²) in [5.41, 5.74) is 1.53. The van der Waals surface area contributed by atoms with Crippen molar-refractivity contribution in [2.45, 2.75) is 26.2 Å². The SMILES string of the molecule is Cc1ccc(F)cc1C(=O)C1C2C3CCC(C3)C12. The van der Waals surface area contributed by atoms with Crippen LogP contribution in [0.15, 0.2) is 18.2 Å². The average molecular weight is 244 g/mol. The van der Waals surface area contributed by atoms with Crippen molar-refractivity contribution in [3.05, 3.63) is 35.1 Å². The maximum absolute atomic E-state index is 13.3. The summed E-state index contributed by atoms with van der Waals surface area (Å²) >= 11 is 0. The Labute approximate surface area is 106 Å². The van der Waals surface area contributed by atoms with E-state index in [0.29, 0.717) is 17.4 Å². The van der Waals surface area contributed by atoms with E-state index in [1.165, 1.54) is 31.4 Å². The first-order valence-electron chi connectivity index (χ1n) is 6.97. The van der Waals surface area contributed by atoms with Crippen molar-refractivity contribution in [2.24, 2.45) is 29.6 Å². The van der Waals surface area contributed by atoms with E-state index in [1.807, 2.05) is 6.92 Å². The van der Waals surface area contributed by atoms with Crippen molar-refractivity contribution in [1.29, 1.82) is 0 Å². The molecule has 94 valence electrons. The van der Waals surface area contributed by atoms with Gasteiger partial charge in [0.15, 0.2) is 5.78 Å². The third kappa shape index (κ3) is 1.29. The zero-order chi connectivity index (χ0) is 12.4.